The third-order valence-electron chi connectivity index (χ3n) is 5.28. The summed E-state index contributed by atoms with van der Waals surface area (Å²) in [5.74, 6) is 1.55. The van der Waals surface area contributed by atoms with E-state index in [4.69, 9.17) is 0 Å². The molecule has 0 bridgehead atoms. The van der Waals surface area contributed by atoms with Gasteiger partial charge in [-0.3, -0.25) is 0 Å². The molecule has 2 aromatic carbocycles. The SMILES string of the molecule is CC(C)C1(P(c2ccccc2)c2ccccc2)CCC1C. The van der Waals surface area contributed by atoms with Crippen LogP contribution in [0.3, 0.4) is 0 Å². The van der Waals surface area contributed by atoms with Gasteiger partial charge in [0, 0.05) is 5.16 Å². The van der Waals surface area contributed by atoms with E-state index in [1.165, 1.54) is 12.8 Å². The zero-order valence-corrected chi connectivity index (χ0v) is 14.2. The topological polar surface area (TPSA) is 0 Å². The molecule has 0 spiro atoms. The van der Waals surface area contributed by atoms with Gasteiger partial charge in [0.15, 0.2) is 0 Å². The smallest absolute Gasteiger partial charge is 0.00343 e. The van der Waals surface area contributed by atoms with E-state index in [9.17, 15) is 0 Å². The van der Waals surface area contributed by atoms with Crippen molar-refractivity contribution in [2.75, 3.05) is 0 Å². The summed E-state index contributed by atoms with van der Waals surface area (Å²) >= 11 is 0. The van der Waals surface area contributed by atoms with Crippen molar-refractivity contribution >= 4 is 18.5 Å². The molecule has 0 amide bonds. The van der Waals surface area contributed by atoms with E-state index >= 15 is 0 Å². The van der Waals surface area contributed by atoms with Crippen molar-refractivity contribution in [3.63, 3.8) is 0 Å². The van der Waals surface area contributed by atoms with Gasteiger partial charge in [-0.1, -0.05) is 81.4 Å². The van der Waals surface area contributed by atoms with Crippen LogP contribution in [0.25, 0.3) is 0 Å². The van der Waals surface area contributed by atoms with E-state index in [1.54, 1.807) is 10.6 Å². The number of benzene rings is 2. The fourth-order valence-electron chi connectivity index (χ4n) is 3.96. The number of rotatable bonds is 4. The molecule has 0 saturated heterocycles. The molecular weight excluding hydrogens is 271 g/mol. The molecular formula is C20H25P. The van der Waals surface area contributed by atoms with Crippen LogP contribution in [0.5, 0.6) is 0 Å². The van der Waals surface area contributed by atoms with Gasteiger partial charge < -0.3 is 0 Å². The molecule has 1 fully saturated rings. The first-order valence-corrected chi connectivity index (χ1v) is 9.41. The summed E-state index contributed by atoms with van der Waals surface area (Å²) in [5.41, 5.74) is 0. The maximum atomic E-state index is 2.46. The zero-order chi connectivity index (χ0) is 14.9. The first-order chi connectivity index (χ1) is 10.2. The molecule has 2 atom stereocenters. The minimum Gasteiger partial charge on any atom is -0.0622 e. The van der Waals surface area contributed by atoms with Gasteiger partial charge in [-0.15, -0.1) is 0 Å². The molecule has 1 saturated carbocycles. The van der Waals surface area contributed by atoms with Crippen LogP contribution in [0.4, 0.5) is 0 Å². The lowest BCUT2D eigenvalue weighted by Gasteiger charge is -2.56. The summed E-state index contributed by atoms with van der Waals surface area (Å²) in [7, 11) is -0.288. The van der Waals surface area contributed by atoms with Crippen LogP contribution in [0.1, 0.15) is 33.6 Å². The van der Waals surface area contributed by atoms with Gasteiger partial charge in [0.05, 0.1) is 0 Å². The predicted molar refractivity (Wildman–Crippen MR) is 95.0 cm³/mol. The highest BCUT2D eigenvalue weighted by Gasteiger charge is 2.52. The molecule has 3 rings (SSSR count). The average Bonchev–Trinajstić information content (AvgIpc) is 2.52. The van der Waals surface area contributed by atoms with E-state index in [1.807, 2.05) is 0 Å². The fourth-order valence-corrected chi connectivity index (χ4v) is 7.60. The Kier molecular flexibility index (Phi) is 4.18. The second-order valence-electron chi connectivity index (χ2n) is 6.59. The third-order valence-corrected chi connectivity index (χ3v) is 8.92. The molecule has 110 valence electrons. The standard InChI is InChI=1S/C20H25P/c1-16(2)20(15-14-17(20)3)21(18-10-6-4-7-11-18)19-12-8-5-9-13-19/h4-13,16-17H,14-15H2,1-3H3. The summed E-state index contributed by atoms with van der Waals surface area (Å²) < 4.78 is 0. The lowest BCUT2D eigenvalue weighted by Crippen LogP contribution is -2.51. The highest BCUT2D eigenvalue weighted by molar-refractivity contribution is 7.74. The molecule has 1 heteroatoms. The number of hydrogen-bond donors (Lipinski definition) is 0. The summed E-state index contributed by atoms with van der Waals surface area (Å²) in [6, 6.07) is 22.4. The minimum absolute atomic E-state index is 0.288. The Bertz CT molecular complexity index is 529. The molecule has 0 N–H and O–H groups in total. The largest absolute Gasteiger partial charge is 0.0622 e. The van der Waals surface area contributed by atoms with E-state index in [0.29, 0.717) is 5.16 Å². The lowest BCUT2D eigenvalue weighted by atomic mass is 9.68. The summed E-state index contributed by atoms with van der Waals surface area (Å²) in [6.45, 7) is 7.32. The third kappa shape index (κ3) is 2.44. The van der Waals surface area contributed by atoms with Crippen molar-refractivity contribution in [2.24, 2.45) is 11.8 Å². The molecule has 21 heavy (non-hydrogen) atoms. The maximum Gasteiger partial charge on any atom is 0.00343 e. The Morgan fingerprint density at radius 3 is 1.67 bits per heavy atom. The number of hydrogen-bond acceptors (Lipinski definition) is 0. The van der Waals surface area contributed by atoms with Crippen LogP contribution in [0.2, 0.25) is 0 Å². The molecule has 1 aliphatic carbocycles. The first-order valence-electron chi connectivity index (χ1n) is 8.06. The van der Waals surface area contributed by atoms with E-state index < -0.39 is 0 Å². The molecule has 2 unspecified atom stereocenters. The molecule has 0 radical (unpaired) electrons. The monoisotopic (exact) mass is 296 g/mol. The second-order valence-corrected chi connectivity index (χ2v) is 9.13. The normalized spacial score (nSPS) is 25.1. The van der Waals surface area contributed by atoms with Crippen LogP contribution >= 0.6 is 7.92 Å². The van der Waals surface area contributed by atoms with Crippen LogP contribution in [0.15, 0.2) is 60.7 Å². The van der Waals surface area contributed by atoms with Crippen LogP contribution in [-0.4, -0.2) is 5.16 Å². The Morgan fingerprint density at radius 2 is 1.38 bits per heavy atom. The maximum absolute atomic E-state index is 2.46. The molecule has 2 aromatic rings. The predicted octanol–water partition coefficient (Wildman–Crippen LogP) is 4.94. The molecule has 0 aromatic heterocycles. The van der Waals surface area contributed by atoms with Crippen LogP contribution < -0.4 is 10.6 Å². The van der Waals surface area contributed by atoms with Crippen molar-refractivity contribution in [1.82, 2.24) is 0 Å². The lowest BCUT2D eigenvalue weighted by molar-refractivity contribution is 0.176. The molecule has 1 aliphatic rings. The summed E-state index contributed by atoms with van der Waals surface area (Å²) in [4.78, 5) is 0. The molecule has 0 heterocycles. The van der Waals surface area contributed by atoms with Crippen molar-refractivity contribution in [3.05, 3.63) is 60.7 Å². The Morgan fingerprint density at radius 1 is 0.905 bits per heavy atom. The first kappa shape index (κ1) is 14.8. The quantitative estimate of drug-likeness (QED) is 0.701. The highest BCUT2D eigenvalue weighted by Crippen LogP contribution is 2.64. The molecule has 0 nitrogen and oxygen atoms in total. The van der Waals surface area contributed by atoms with E-state index in [2.05, 4.69) is 81.4 Å². The van der Waals surface area contributed by atoms with Crippen molar-refractivity contribution in [2.45, 2.75) is 38.8 Å². The van der Waals surface area contributed by atoms with Gasteiger partial charge in [-0.25, -0.2) is 0 Å². The zero-order valence-electron chi connectivity index (χ0n) is 13.3. The van der Waals surface area contributed by atoms with Gasteiger partial charge in [0.1, 0.15) is 0 Å². The van der Waals surface area contributed by atoms with E-state index in [-0.39, 0.29) is 7.92 Å². The minimum atomic E-state index is -0.288. The van der Waals surface area contributed by atoms with Gasteiger partial charge in [0.2, 0.25) is 0 Å². The van der Waals surface area contributed by atoms with Gasteiger partial charge in [-0.2, -0.15) is 0 Å². The van der Waals surface area contributed by atoms with Crippen LogP contribution in [0, 0.1) is 11.8 Å². The van der Waals surface area contributed by atoms with Gasteiger partial charge in [0.25, 0.3) is 0 Å². The fraction of sp³-hybridized carbons (Fsp3) is 0.400. The van der Waals surface area contributed by atoms with Crippen molar-refractivity contribution < 1.29 is 0 Å². The Labute approximate surface area is 130 Å². The van der Waals surface area contributed by atoms with E-state index in [0.717, 1.165) is 11.8 Å². The van der Waals surface area contributed by atoms with Crippen LogP contribution in [-0.2, 0) is 0 Å². The van der Waals surface area contributed by atoms with Gasteiger partial charge in [-0.05, 0) is 43.2 Å². The summed E-state index contributed by atoms with van der Waals surface area (Å²) in [6.07, 6.45) is 2.76. The van der Waals surface area contributed by atoms with Crippen molar-refractivity contribution in [1.29, 1.82) is 0 Å². The Balaban J connectivity index is 2.13. The second kappa shape index (κ2) is 5.93. The Hall–Kier alpha value is -1.13. The molecule has 0 aliphatic heterocycles. The average molecular weight is 296 g/mol. The summed E-state index contributed by atoms with van der Waals surface area (Å²) in [5, 5.41) is 3.55. The highest BCUT2D eigenvalue weighted by atomic mass is 31.1. The van der Waals surface area contributed by atoms with Crippen molar-refractivity contribution in [3.8, 4) is 0 Å². The van der Waals surface area contributed by atoms with Gasteiger partial charge >= 0.3 is 0 Å².